The van der Waals surface area contributed by atoms with Gasteiger partial charge in [0.25, 0.3) is 0 Å². The molecule has 4 rings (SSSR count). The monoisotopic (exact) mass is 451 g/mol. The van der Waals surface area contributed by atoms with Crippen LogP contribution in [0.25, 0.3) is 11.1 Å². The maximum Gasteiger partial charge on any atom is 0.166 e. The second-order valence-corrected chi connectivity index (χ2v) is 8.30. The zero-order valence-corrected chi connectivity index (χ0v) is 18.5. The summed E-state index contributed by atoms with van der Waals surface area (Å²) in [6, 6.07) is 8.79. The molecule has 3 heterocycles. The van der Waals surface area contributed by atoms with Crippen LogP contribution in [0.15, 0.2) is 48.9 Å². The van der Waals surface area contributed by atoms with Gasteiger partial charge in [-0.05, 0) is 70.4 Å². The number of nitrogens with two attached hydrogens (primary N) is 1. The number of aliphatic hydroxyl groups is 1. The van der Waals surface area contributed by atoms with Gasteiger partial charge in [0.2, 0.25) is 0 Å². The molecule has 0 aliphatic carbocycles. The highest BCUT2D eigenvalue weighted by atomic mass is 16.5. The van der Waals surface area contributed by atoms with Crippen LogP contribution in [0.5, 0.6) is 5.75 Å². The first-order valence-corrected chi connectivity index (χ1v) is 10.7. The van der Waals surface area contributed by atoms with Crippen LogP contribution < -0.4 is 10.5 Å². The number of aromatic nitrogens is 3. The molecule has 7 nitrogen and oxygen atoms in total. The highest BCUT2D eigenvalue weighted by Crippen LogP contribution is 2.29. The summed E-state index contributed by atoms with van der Waals surface area (Å²) in [5.74, 6) is 5.15. The van der Waals surface area contributed by atoms with Crippen molar-refractivity contribution in [3.8, 4) is 28.7 Å². The first-order chi connectivity index (χ1) is 18.3. The van der Waals surface area contributed by atoms with E-state index in [9.17, 15) is 5.11 Å². The van der Waals surface area contributed by atoms with Crippen molar-refractivity contribution in [3.05, 3.63) is 60.0 Å². The molecule has 7 heteroatoms. The van der Waals surface area contributed by atoms with Gasteiger partial charge in [0.15, 0.2) is 11.6 Å². The Kier molecular flexibility index (Phi) is 4.77. The number of hydrogen-bond acceptors (Lipinski definition) is 6. The number of benzene rings is 1. The lowest BCUT2D eigenvalue weighted by atomic mass is 10.1. The van der Waals surface area contributed by atoms with E-state index in [2.05, 4.69) is 33.9 Å². The Hall–Kier alpha value is -3.34. The standard InChI is InChI=1S/C26H31N5O2/c1-26(2,32)10-7-19-5-4-6-20(13-19)18-33-24-14-21(15-28-25(24)27)22-16-29-31(17-22)23-8-11-30(3)12-9-23/h4-6,13-17,23,32H,8-9,11-12,18H2,1-3H3,(H2,27,28)/i1D3,2D3. The molecule has 0 unspecified atom stereocenters. The molecule has 1 aliphatic heterocycles. The van der Waals surface area contributed by atoms with Crippen LogP contribution in [0.3, 0.4) is 0 Å². The Morgan fingerprint density at radius 3 is 2.85 bits per heavy atom. The molecule has 0 amide bonds. The van der Waals surface area contributed by atoms with Crippen LogP contribution in [0.4, 0.5) is 5.82 Å². The van der Waals surface area contributed by atoms with Crippen molar-refractivity contribution in [1.29, 1.82) is 0 Å². The van der Waals surface area contributed by atoms with Crippen molar-refractivity contribution in [2.45, 2.75) is 44.8 Å². The van der Waals surface area contributed by atoms with Crippen LogP contribution in [0.2, 0.25) is 0 Å². The molecular weight excluding hydrogens is 414 g/mol. The summed E-state index contributed by atoms with van der Waals surface area (Å²) in [5, 5.41) is 14.9. The van der Waals surface area contributed by atoms with Crippen molar-refractivity contribution >= 4 is 5.82 Å². The fraction of sp³-hybridized carbons (Fsp3) is 0.385. The zero-order valence-electron chi connectivity index (χ0n) is 24.5. The summed E-state index contributed by atoms with van der Waals surface area (Å²) in [4.78, 5) is 6.58. The summed E-state index contributed by atoms with van der Waals surface area (Å²) in [6.45, 7) is -4.26. The number of likely N-dealkylation sites (tertiary alicyclic amines) is 1. The lowest BCUT2D eigenvalue weighted by molar-refractivity contribution is 0.143. The fourth-order valence-corrected chi connectivity index (χ4v) is 3.74. The quantitative estimate of drug-likeness (QED) is 0.577. The van der Waals surface area contributed by atoms with Crippen molar-refractivity contribution < 1.29 is 18.1 Å². The average Bonchev–Trinajstić information content (AvgIpc) is 3.36. The van der Waals surface area contributed by atoms with Gasteiger partial charge < -0.3 is 20.5 Å². The van der Waals surface area contributed by atoms with Crippen molar-refractivity contribution in [2.75, 3.05) is 25.9 Å². The van der Waals surface area contributed by atoms with Gasteiger partial charge in [0.05, 0.1) is 12.2 Å². The maximum absolute atomic E-state index is 10.4. The zero-order chi connectivity index (χ0) is 28.4. The van der Waals surface area contributed by atoms with Gasteiger partial charge >= 0.3 is 0 Å². The molecule has 0 saturated carbocycles. The molecule has 0 radical (unpaired) electrons. The fourth-order valence-electron chi connectivity index (χ4n) is 3.74. The number of ether oxygens (including phenoxy) is 1. The van der Waals surface area contributed by atoms with Crippen molar-refractivity contribution in [3.63, 3.8) is 0 Å². The molecule has 3 N–H and O–H groups in total. The molecule has 0 atom stereocenters. The smallest absolute Gasteiger partial charge is 0.166 e. The number of piperidine rings is 1. The van der Waals surface area contributed by atoms with E-state index in [1.807, 2.05) is 10.9 Å². The third-order valence-corrected chi connectivity index (χ3v) is 5.59. The minimum atomic E-state index is -3.22. The maximum atomic E-state index is 10.4. The van der Waals surface area contributed by atoms with E-state index in [-0.39, 0.29) is 12.4 Å². The highest BCUT2D eigenvalue weighted by molar-refractivity contribution is 5.65. The molecule has 0 bridgehead atoms. The predicted octanol–water partition coefficient (Wildman–Crippen LogP) is 3.50. The minimum Gasteiger partial charge on any atom is -0.485 e. The van der Waals surface area contributed by atoms with Crippen LogP contribution in [-0.2, 0) is 6.61 Å². The molecule has 2 aromatic heterocycles. The number of rotatable bonds is 5. The molecule has 1 aliphatic rings. The molecule has 3 aromatic rings. The van der Waals surface area contributed by atoms with Gasteiger partial charge in [-0.3, -0.25) is 4.68 Å². The van der Waals surface area contributed by atoms with Gasteiger partial charge in [-0.25, -0.2) is 4.98 Å². The number of nitrogens with zero attached hydrogens (tertiary/aromatic N) is 4. The summed E-state index contributed by atoms with van der Waals surface area (Å²) in [6.07, 6.45) is 7.57. The van der Waals surface area contributed by atoms with Gasteiger partial charge in [-0.1, -0.05) is 24.0 Å². The van der Waals surface area contributed by atoms with Crippen molar-refractivity contribution in [2.24, 2.45) is 0 Å². The van der Waals surface area contributed by atoms with E-state index < -0.39 is 19.3 Å². The minimum absolute atomic E-state index is 0.0997. The van der Waals surface area contributed by atoms with Gasteiger partial charge in [-0.15, -0.1) is 0 Å². The van der Waals surface area contributed by atoms with Crippen LogP contribution >= 0.6 is 0 Å². The highest BCUT2D eigenvalue weighted by Gasteiger charge is 2.19. The van der Waals surface area contributed by atoms with E-state index in [4.69, 9.17) is 18.7 Å². The molecule has 1 aromatic carbocycles. The number of pyridine rings is 1. The average molecular weight is 452 g/mol. The van der Waals surface area contributed by atoms with E-state index in [0.717, 1.165) is 37.1 Å². The largest absolute Gasteiger partial charge is 0.485 e. The van der Waals surface area contributed by atoms with Gasteiger partial charge in [0.1, 0.15) is 12.2 Å². The normalized spacial score (nSPS) is 18.6. The second kappa shape index (κ2) is 9.65. The summed E-state index contributed by atoms with van der Waals surface area (Å²) < 4.78 is 52.6. The first kappa shape index (κ1) is 16.3. The molecule has 33 heavy (non-hydrogen) atoms. The summed E-state index contributed by atoms with van der Waals surface area (Å²) in [5.41, 5.74) is 5.61. The second-order valence-electron chi connectivity index (χ2n) is 8.30. The lowest BCUT2D eigenvalue weighted by Gasteiger charge is -2.28. The predicted molar refractivity (Wildman–Crippen MR) is 130 cm³/mol. The Bertz CT molecular complexity index is 1350. The Balaban J connectivity index is 1.48. The molecule has 172 valence electrons. The number of nitrogen functional groups attached to an aromatic ring is 1. The Morgan fingerprint density at radius 1 is 1.24 bits per heavy atom. The Morgan fingerprint density at radius 2 is 2.06 bits per heavy atom. The van der Waals surface area contributed by atoms with E-state index in [1.165, 1.54) is 0 Å². The molecule has 1 saturated heterocycles. The lowest BCUT2D eigenvalue weighted by Crippen LogP contribution is -2.31. The summed E-state index contributed by atoms with van der Waals surface area (Å²) >= 11 is 0. The topological polar surface area (TPSA) is 89.4 Å². The third-order valence-electron chi connectivity index (χ3n) is 5.59. The first-order valence-electron chi connectivity index (χ1n) is 13.7. The number of hydrogen-bond donors (Lipinski definition) is 2. The number of anilines is 1. The SMILES string of the molecule is [2H]C([2H])([2H])C(O)(C#Cc1cccc(COc2cc(-c3cnn(C4CCN(C)CC4)c3)cnc2N)c1)C([2H])([2H])[2H]. The van der Waals surface area contributed by atoms with Gasteiger partial charge in [0, 0.05) is 37.3 Å². The molecular formula is C26H31N5O2. The third kappa shape index (κ3) is 6.13. The van der Waals surface area contributed by atoms with E-state index in [0.29, 0.717) is 22.9 Å². The van der Waals surface area contributed by atoms with Crippen LogP contribution in [0.1, 0.15) is 51.9 Å². The van der Waals surface area contributed by atoms with Gasteiger partial charge in [-0.2, -0.15) is 5.10 Å². The van der Waals surface area contributed by atoms with Crippen molar-refractivity contribution in [1.82, 2.24) is 19.7 Å². The summed E-state index contributed by atoms with van der Waals surface area (Å²) in [7, 11) is 2.12. The van der Waals surface area contributed by atoms with E-state index >= 15 is 0 Å². The Labute approximate surface area is 203 Å². The molecule has 0 spiro atoms. The van der Waals surface area contributed by atoms with E-state index in [1.54, 1.807) is 42.7 Å². The van der Waals surface area contributed by atoms with Crippen LogP contribution in [0, 0.1) is 11.8 Å². The van der Waals surface area contributed by atoms with Crippen LogP contribution in [-0.4, -0.2) is 50.5 Å². The molecule has 1 fully saturated rings.